The molecule has 0 aromatic heterocycles. The van der Waals surface area contributed by atoms with Crippen LogP contribution in [0, 0.1) is 5.41 Å². The third kappa shape index (κ3) is 5.08. The Balaban J connectivity index is 2.80. The van der Waals surface area contributed by atoms with Gasteiger partial charge in [0.1, 0.15) is 5.41 Å². The fourth-order valence-electron chi connectivity index (χ4n) is 2.41. The molecule has 1 N–H and O–H groups in total. The van der Waals surface area contributed by atoms with E-state index in [1.807, 2.05) is 24.3 Å². The van der Waals surface area contributed by atoms with E-state index in [0.29, 0.717) is 12.2 Å². The van der Waals surface area contributed by atoms with Crippen LogP contribution < -0.4 is 5.32 Å². The normalized spacial score (nSPS) is 12.0. The van der Waals surface area contributed by atoms with Crippen LogP contribution >= 0.6 is 0 Å². The lowest BCUT2D eigenvalue weighted by Gasteiger charge is -2.28. The van der Waals surface area contributed by atoms with E-state index in [1.54, 1.807) is 25.8 Å². The molecule has 2 amide bonds. The van der Waals surface area contributed by atoms with Crippen molar-refractivity contribution in [3.8, 4) is 0 Å². The van der Waals surface area contributed by atoms with Gasteiger partial charge in [-0.25, -0.2) is 0 Å². The van der Waals surface area contributed by atoms with Crippen LogP contribution in [0.25, 0.3) is 0 Å². The molecule has 4 heteroatoms. The molecule has 0 bridgehead atoms. The number of benzene rings is 1. The van der Waals surface area contributed by atoms with E-state index in [9.17, 15) is 9.59 Å². The Morgan fingerprint density at radius 3 is 2.04 bits per heavy atom. The Labute approximate surface area is 146 Å². The molecular weight excluding hydrogens is 300 g/mol. The molecule has 0 saturated carbocycles. The fraction of sp³-hybridized carbons (Fsp3) is 0.600. The Bertz CT molecular complexity index is 568. The lowest BCUT2D eigenvalue weighted by atomic mass is 9.87. The maximum Gasteiger partial charge on any atom is 0.239 e. The molecule has 0 aliphatic rings. The summed E-state index contributed by atoms with van der Waals surface area (Å²) in [4.78, 5) is 26.8. The van der Waals surface area contributed by atoms with Gasteiger partial charge in [0.15, 0.2) is 0 Å². The second-order valence-electron chi connectivity index (χ2n) is 7.99. The Morgan fingerprint density at radius 1 is 1.04 bits per heavy atom. The first-order chi connectivity index (χ1) is 11.0. The molecule has 0 spiro atoms. The Morgan fingerprint density at radius 2 is 1.58 bits per heavy atom. The maximum atomic E-state index is 12.6. The fourth-order valence-corrected chi connectivity index (χ4v) is 2.41. The number of carbonyl (C=O) groups excluding carboxylic acids is 2. The maximum absolute atomic E-state index is 12.6. The van der Waals surface area contributed by atoms with Crippen LogP contribution in [0.4, 0.5) is 5.69 Å². The summed E-state index contributed by atoms with van der Waals surface area (Å²) in [5.74, 6) is -0.431. The zero-order valence-corrected chi connectivity index (χ0v) is 16.2. The van der Waals surface area contributed by atoms with E-state index in [4.69, 9.17) is 0 Å². The lowest BCUT2D eigenvalue weighted by molar-refractivity contribution is -0.145. The van der Waals surface area contributed by atoms with Crippen molar-refractivity contribution < 1.29 is 9.59 Å². The van der Waals surface area contributed by atoms with Crippen LogP contribution in [0.3, 0.4) is 0 Å². The smallest absolute Gasteiger partial charge is 0.239 e. The molecular formula is C20H32N2O2. The number of rotatable bonds is 6. The summed E-state index contributed by atoms with van der Waals surface area (Å²) < 4.78 is 0. The second-order valence-corrected chi connectivity index (χ2v) is 7.99. The second kappa shape index (κ2) is 7.82. The van der Waals surface area contributed by atoms with Crippen molar-refractivity contribution in [2.45, 2.75) is 59.8 Å². The monoisotopic (exact) mass is 332 g/mol. The molecule has 0 saturated heterocycles. The van der Waals surface area contributed by atoms with Crippen LogP contribution in [0.2, 0.25) is 0 Å². The number of hydrogen-bond acceptors (Lipinski definition) is 2. The molecule has 0 atom stereocenters. The Hall–Kier alpha value is -1.84. The van der Waals surface area contributed by atoms with Crippen molar-refractivity contribution in [1.29, 1.82) is 0 Å². The van der Waals surface area contributed by atoms with Crippen molar-refractivity contribution in [2.75, 3.05) is 18.9 Å². The van der Waals surface area contributed by atoms with E-state index in [2.05, 4.69) is 33.0 Å². The zero-order valence-electron chi connectivity index (χ0n) is 16.2. The summed E-state index contributed by atoms with van der Waals surface area (Å²) in [5, 5.41) is 2.87. The van der Waals surface area contributed by atoms with Crippen LogP contribution in [-0.2, 0) is 15.0 Å². The van der Waals surface area contributed by atoms with E-state index in [1.165, 1.54) is 5.56 Å². The molecule has 1 aromatic rings. The molecule has 0 aliphatic carbocycles. The van der Waals surface area contributed by atoms with Crippen LogP contribution in [0.1, 0.15) is 59.9 Å². The quantitative estimate of drug-likeness (QED) is 0.793. The van der Waals surface area contributed by atoms with Gasteiger partial charge in [-0.2, -0.15) is 0 Å². The minimum atomic E-state index is -1.09. The van der Waals surface area contributed by atoms with Gasteiger partial charge in [-0.1, -0.05) is 46.2 Å². The van der Waals surface area contributed by atoms with Gasteiger partial charge >= 0.3 is 0 Å². The van der Waals surface area contributed by atoms with Crippen molar-refractivity contribution >= 4 is 17.5 Å². The summed E-state index contributed by atoms with van der Waals surface area (Å²) >= 11 is 0. The highest BCUT2D eigenvalue weighted by Crippen LogP contribution is 2.25. The molecule has 134 valence electrons. The van der Waals surface area contributed by atoms with Crippen molar-refractivity contribution in [2.24, 2.45) is 5.41 Å². The summed E-state index contributed by atoms with van der Waals surface area (Å²) in [6, 6.07) is 7.80. The Kier molecular flexibility index (Phi) is 6.58. The lowest BCUT2D eigenvalue weighted by Crippen LogP contribution is -2.46. The van der Waals surface area contributed by atoms with Gasteiger partial charge in [0.25, 0.3) is 0 Å². The molecule has 0 unspecified atom stereocenters. The largest absolute Gasteiger partial charge is 0.345 e. The minimum absolute atomic E-state index is 0.0692. The van der Waals surface area contributed by atoms with Gasteiger partial charge in [-0.3, -0.25) is 9.59 Å². The summed E-state index contributed by atoms with van der Waals surface area (Å²) in [6.07, 6.45) is 1.96. The first-order valence-corrected chi connectivity index (χ1v) is 8.67. The van der Waals surface area contributed by atoms with E-state index >= 15 is 0 Å². The highest BCUT2D eigenvalue weighted by Gasteiger charge is 2.38. The zero-order chi connectivity index (χ0) is 18.5. The van der Waals surface area contributed by atoms with Gasteiger partial charge < -0.3 is 10.2 Å². The number of nitrogens with zero attached hydrogens (tertiary/aromatic N) is 1. The summed E-state index contributed by atoms with van der Waals surface area (Å²) in [6.45, 7) is 12.6. The van der Waals surface area contributed by atoms with Crippen LogP contribution in [-0.4, -0.2) is 30.3 Å². The van der Waals surface area contributed by atoms with E-state index in [0.717, 1.165) is 12.8 Å². The molecule has 1 aromatic carbocycles. The van der Waals surface area contributed by atoms with Gasteiger partial charge in [0, 0.05) is 19.3 Å². The highest BCUT2D eigenvalue weighted by molar-refractivity contribution is 6.09. The van der Waals surface area contributed by atoms with Gasteiger partial charge in [-0.15, -0.1) is 0 Å². The first kappa shape index (κ1) is 20.2. The van der Waals surface area contributed by atoms with Crippen LogP contribution in [0.15, 0.2) is 24.3 Å². The third-order valence-electron chi connectivity index (χ3n) is 4.30. The highest BCUT2D eigenvalue weighted by atomic mass is 16.2. The SMILES string of the molecule is CCCCN(C)C(=O)C(C)(C)C(=O)Nc1ccc(C(C)(C)C)cc1. The number of unbranched alkanes of at least 4 members (excludes halogenated alkanes) is 1. The number of nitrogens with one attached hydrogen (secondary N) is 1. The number of amides is 2. The number of carbonyl (C=O) groups is 2. The standard InChI is InChI=1S/C20H32N2O2/c1-8-9-14-22(7)18(24)20(5,6)17(23)21-16-12-10-15(11-13-16)19(2,3)4/h10-13H,8-9,14H2,1-7H3,(H,21,23). The molecule has 0 aliphatic heterocycles. The molecule has 0 heterocycles. The molecule has 0 radical (unpaired) electrons. The minimum Gasteiger partial charge on any atom is -0.345 e. The predicted octanol–water partition coefficient (Wildman–Crippen LogP) is 4.21. The van der Waals surface area contributed by atoms with E-state index in [-0.39, 0.29) is 17.2 Å². The number of anilines is 1. The van der Waals surface area contributed by atoms with Gasteiger partial charge in [0.2, 0.25) is 11.8 Å². The van der Waals surface area contributed by atoms with Gasteiger partial charge in [-0.05, 0) is 43.4 Å². The predicted molar refractivity (Wildman–Crippen MR) is 100 cm³/mol. The van der Waals surface area contributed by atoms with Crippen molar-refractivity contribution in [1.82, 2.24) is 4.90 Å². The molecule has 4 nitrogen and oxygen atoms in total. The first-order valence-electron chi connectivity index (χ1n) is 8.67. The number of hydrogen-bond donors (Lipinski definition) is 1. The third-order valence-corrected chi connectivity index (χ3v) is 4.30. The molecule has 1 rings (SSSR count). The van der Waals surface area contributed by atoms with Crippen molar-refractivity contribution in [3.05, 3.63) is 29.8 Å². The molecule has 0 fully saturated rings. The van der Waals surface area contributed by atoms with Crippen LogP contribution in [0.5, 0.6) is 0 Å². The van der Waals surface area contributed by atoms with Gasteiger partial charge in [0.05, 0.1) is 0 Å². The molecule has 24 heavy (non-hydrogen) atoms. The summed E-state index contributed by atoms with van der Waals surface area (Å²) in [5.41, 5.74) is 0.894. The topological polar surface area (TPSA) is 49.4 Å². The average Bonchev–Trinajstić information content (AvgIpc) is 2.51. The summed E-state index contributed by atoms with van der Waals surface area (Å²) in [7, 11) is 1.76. The average molecular weight is 332 g/mol. The van der Waals surface area contributed by atoms with Crippen molar-refractivity contribution in [3.63, 3.8) is 0 Å². The van der Waals surface area contributed by atoms with E-state index < -0.39 is 5.41 Å².